The van der Waals surface area contributed by atoms with Gasteiger partial charge in [0.1, 0.15) is 12.3 Å². The van der Waals surface area contributed by atoms with Gasteiger partial charge in [-0.15, -0.1) is 0 Å². The fourth-order valence-corrected chi connectivity index (χ4v) is 7.52. The zero-order valence-corrected chi connectivity index (χ0v) is 22.2. The molecule has 5 fully saturated rings. The van der Waals surface area contributed by atoms with Crippen LogP contribution in [0.4, 0.5) is 0 Å². The minimum absolute atomic E-state index is 0.0129. The van der Waals surface area contributed by atoms with Gasteiger partial charge in [0.2, 0.25) is 5.91 Å². The van der Waals surface area contributed by atoms with E-state index in [1.54, 1.807) is 0 Å². The molecule has 3 heterocycles. The summed E-state index contributed by atoms with van der Waals surface area (Å²) in [6, 6.07) is 2.28. The molecule has 8 heteroatoms. The number of carbonyl (C=O) groups excluding carboxylic acids is 1. The second kappa shape index (κ2) is 12.2. The molecule has 0 radical (unpaired) electrons. The van der Waals surface area contributed by atoms with Crippen molar-refractivity contribution in [3.63, 3.8) is 0 Å². The zero-order chi connectivity index (χ0) is 24.2. The van der Waals surface area contributed by atoms with Crippen LogP contribution in [0.1, 0.15) is 90.9 Å². The van der Waals surface area contributed by atoms with Crippen molar-refractivity contribution in [3.05, 3.63) is 0 Å². The average molecular weight is 490 g/mol. The van der Waals surface area contributed by atoms with E-state index in [9.17, 15) is 4.79 Å². The monoisotopic (exact) mass is 489 g/mol. The van der Waals surface area contributed by atoms with E-state index >= 15 is 0 Å². The second-order valence-corrected chi connectivity index (χ2v) is 12.3. The molecule has 8 nitrogen and oxygen atoms in total. The van der Waals surface area contributed by atoms with Gasteiger partial charge in [-0.25, -0.2) is 5.01 Å². The van der Waals surface area contributed by atoms with Crippen LogP contribution in [0.5, 0.6) is 0 Å². The Morgan fingerprint density at radius 3 is 2.54 bits per heavy atom. The number of hydrazine groups is 1. The summed E-state index contributed by atoms with van der Waals surface area (Å²) in [5, 5.41) is 20.8. The van der Waals surface area contributed by atoms with Crippen LogP contribution in [0, 0.1) is 11.8 Å². The molecule has 0 aromatic carbocycles. The molecule has 0 aromatic heterocycles. The van der Waals surface area contributed by atoms with E-state index in [1.807, 2.05) is 0 Å². The van der Waals surface area contributed by atoms with Crippen LogP contribution in [0.15, 0.2) is 0 Å². The molecule has 1 amide bonds. The predicted octanol–water partition coefficient (Wildman–Crippen LogP) is 1.78. The maximum Gasteiger partial charge on any atom is 0.239 e. The number of piperidine rings is 1. The number of hydrogen-bond donors (Lipinski definition) is 6. The van der Waals surface area contributed by atoms with Crippen LogP contribution in [-0.2, 0) is 4.79 Å². The van der Waals surface area contributed by atoms with E-state index in [2.05, 4.69) is 50.9 Å². The van der Waals surface area contributed by atoms with Crippen molar-refractivity contribution in [3.8, 4) is 0 Å². The van der Waals surface area contributed by atoms with Crippen molar-refractivity contribution < 1.29 is 4.79 Å². The predicted molar refractivity (Wildman–Crippen MR) is 141 cm³/mol. The number of rotatable bonds is 6. The number of nitrogens with zero attached hydrogens (tertiary/aromatic N) is 1. The molecule has 35 heavy (non-hydrogen) atoms. The van der Waals surface area contributed by atoms with E-state index in [4.69, 9.17) is 0 Å². The molecule has 3 saturated heterocycles. The smallest absolute Gasteiger partial charge is 0.239 e. The van der Waals surface area contributed by atoms with E-state index in [-0.39, 0.29) is 18.2 Å². The summed E-state index contributed by atoms with van der Waals surface area (Å²) in [7, 11) is 0. The van der Waals surface area contributed by atoms with Crippen molar-refractivity contribution in [1.82, 2.24) is 37.0 Å². The summed E-state index contributed by atoms with van der Waals surface area (Å²) in [6.45, 7) is 7.98. The Morgan fingerprint density at radius 2 is 1.77 bits per heavy atom. The van der Waals surface area contributed by atoms with Gasteiger partial charge in [-0.1, -0.05) is 26.2 Å². The standard InChI is InChI=1S/C27H51N7O/c1-18-15-21(30-26(35)25-16-19(2)33-34(25)22-8-4-3-5-9-22)10-11-23(18)31-27-29-14-12-24(32-27)20-7-6-13-28-17-20/h18-25,27-29,31-33H,3-17H2,1-2H3,(H,30,35). The number of hydrogen-bond acceptors (Lipinski definition) is 7. The molecule has 2 saturated carbocycles. The van der Waals surface area contributed by atoms with Gasteiger partial charge >= 0.3 is 0 Å². The highest BCUT2D eigenvalue weighted by molar-refractivity contribution is 5.82. The summed E-state index contributed by atoms with van der Waals surface area (Å²) in [6.07, 6.45) is 14.6. The molecule has 5 rings (SSSR count). The highest BCUT2D eigenvalue weighted by Crippen LogP contribution is 2.29. The summed E-state index contributed by atoms with van der Waals surface area (Å²) < 4.78 is 0. The minimum atomic E-state index is -0.0129. The maximum atomic E-state index is 13.4. The lowest BCUT2D eigenvalue weighted by molar-refractivity contribution is -0.128. The molecule has 0 aromatic rings. The van der Waals surface area contributed by atoms with Crippen LogP contribution in [0.2, 0.25) is 0 Å². The Bertz CT molecular complexity index is 680. The van der Waals surface area contributed by atoms with Crippen LogP contribution < -0.4 is 32.0 Å². The van der Waals surface area contributed by atoms with Crippen LogP contribution in [0.25, 0.3) is 0 Å². The van der Waals surface area contributed by atoms with E-state index in [1.165, 1.54) is 57.9 Å². The highest BCUT2D eigenvalue weighted by atomic mass is 16.2. The fourth-order valence-electron chi connectivity index (χ4n) is 7.52. The molecule has 0 spiro atoms. The van der Waals surface area contributed by atoms with E-state index < -0.39 is 0 Å². The summed E-state index contributed by atoms with van der Waals surface area (Å²) in [5.41, 5.74) is 3.62. The quantitative estimate of drug-likeness (QED) is 0.339. The Balaban J connectivity index is 1.08. The Hall–Kier alpha value is -0.770. The van der Waals surface area contributed by atoms with Crippen molar-refractivity contribution in [2.45, 2.75) is 133 Å². The van der Waals surface area contributed by atoms with Gasteiger partial charge in [0.05, 0.1) is 0 Å². The average Bonchev–Trinajstić information content (AvgIpc) is 3.29. The SMILES string of the molecule is CC1CC(C(=O)NC2CCC(NC3NCCC(C4CCCNC4)N3)C(C)C2)N(C2CCCCC2)N1. The summed E-state index contributed by atoms with van der Waals surface area (Å²) in [4.78, 5) is 13.4. The first-order valence-corrected chi connectivity index (χ1v) is 14.9. The molecular formula is C27H51N7O. The topological polar surface area (TPSA) is 92.5 Å². The lowest BCUT2D eigenvalue weighted by Crippen LogP contribution is -2.66. The number of carbonyl (C=O) groups is 1. The van der Waals surface area contributed by atoms with Crippen LogP contribution in [-0.4, -0.2) is 73.1 Å². The molecule has 8 atom stereocenters. The molecular weight excluding hydrogens is 438 g/mol. The van der Waals surface area contributed by atoms with Gasteiger partial charge in [-0.3, -0.25) is 26.2 Å². The van der Waals surface area contributed by atoms with E-state index in [0.717, 1.165) is 44.7 Å². The minimum Gasteiger partial charge on any atom is -0.352 e. The van der Waals surface area contributed by atoms with Gasteiger partial charge in [0.25, 0.3) is 0 Å². The Kier molecular flexibility index (Phi) is 9.00. The Morgan fingerprint density at radius 1 is 0.914 bits per heavy atom. The van der Waals surface area contributed by atoms with Crippen molar-refractivity contribution in [1.29, 1.82) is 0 Å². The lowest BCUT2D eigenvalue weighted by atomic mass is 9.82. The molecule has 6 N–H and O–H groups in total. The summed E-state index contributed by atoms with van der Waals surface area (Å²) >= 11 is 0. The Labute approximate surface area is 212 Å². The largest absolute Gasteiger partial charge is 0.352 e. The third-order valence-corrected chi connectivity index (χ3v) is 9.54. The van der Waals surface area contributed by atoms with Crippen molar-refractivity contribution in [2.75, 3.05) is 19.6 Å². The van der Waals surface area contributed by atoms with Gasteiger partial charge in [-0.05, 0) is 96.2 Å². The van der Waals surface area contributed by atoms with E-state index in [0.29, 0.717) is 36.1 Å². The second-order valence-electron chi connectivity index (χ2n) is 12.3. The van der Waals surface area contributed by atoms with Crippen molar-refractivity contribution >= 4 is 5.91 Å². The first-order chi connectivity index (χ1) is 17.1. The summed E-state index contributed by atoms with van der Waals surface area (Å²) in [5.74, 6) is 1.54. The van der Waals surface area contributed by atoms with Gasteiger partial charge in [-0.2, -0.15) is 0 Å². The van der Waals surface area contributed by atoms with Crippen molar-refractivity contribution in [2.24, 2.45) is 11.8 Å². The van der Waals surface area contributed by atoms with Crippen LogP contribution >= 0.6 is 0 Å². The highest BCUT2D eigenvalue weighted by Gasteiger charge is 2.40. The first kappa shape index (κ1) is 25.9. The lowest BCUT2D eigenvalue weighted by Gasteiger charge is -2.42. The third-order valence-electron chi connectivity index (χ3n) is 9.54. The molecule has 0 bridgehead atoms. The number of nitrogens with one attached hydrogen (secondary N) is 6. The van der Waals surface area contributed by atoms with Gasteiger partial charge in [0, 0.05) is 30.2 Å². The fraction of sp³-hybridized carbons (Fsp3) is 0.963. The first-order valence-electron chi connectivity index (χ1n) is 14.9. The zero-order valence-electron chi connectivity index (χ0n) is 22.2. The third kappa shape index (κ3) is 6.57. The van der Waals surface area contributed by atoms with Crippen LogP contribution in [0.3, 0.4) is 0 Å². The normalized spacial score (nSPS) is 42.1. The molecule has 2 aliphatic carbocycles. The molecule has 8 unspecified atom stereocenters. The van der Waals surface area contributed by atoms with Gasteiger partial charge < -0.3 is 10.6 Å². The van der Waals surface area contributed by atoms with Gasteiger partial charge in [0.15, 0.2) is 0 Å². The molecule has 3 aliphatic heterocycles. The maximum absolute atomic E-state index is 13.4. The molecule has 200 valence electrons. The number of amides is 1. The molecule has 5 aliphatic rings.